The van der Waals surface area contributed by atoms with Gasteiger partial charge in [-0.25, -0.2) is 8.42 Å². The van der Waals surface area contributed by atoms with Gasteiger partial charge in [0.1, 0.15) is 5.40 Å². The molecule has 0 amide bonds. The smallest absolute Gasteiger partial charge is 0.261 e. The fourth-order valence-electron chi connectivity index (χ4n) is 2.31. The van der Waals surface area contributed by atoms with Gasteiger partial charge in [-0.05, 0) is 65.6 Å². The fourth-order valence-corrected chi connectivity index (χ4v) is 3.86. The normalized spacial score (nSPS) is 11.3. The molecule has 0 aliphatic heterocycles. The lowest BCUT2D eigenvalue weighted by Gasteiger charge is -2.13. The zero-order valence-corrected chi connectivity index (χ0v) is 15.5. The zero-order valence-electron chi connectivity index (χ0n) is 13.9. The molecule has 24 heavy (non-hydrogen) atoms. The monoisotopic (exact) mass is 360 g/mol. The van der Waals surface area contributed by atoms with Crippen molar-refractivity contribution in [3.8, 4) is 5.40 Å². The maximum absolute atomic E-state index is 12.6. The van der Waals surface area contributed by atoms with Crippen LogP contribution in [0.1, 0.15) is 37.8 Å². The molecule has 0 unspecified atom stereocenters. The molecule has 6 heteroatoms. The minimum Gasteiger partial charge on any atom is -0.279 e. The number of anilines is 1. The molecule has 4 nitrogen and oxygen atoms in total. The SMILES string of the molecule is CCc1cc(SC#N)ccc1NS(=O)(=O)c1ccc(C(C)C)cc1. The first-order valence-corrected chi connectivity index (χ1v) is 9.99. The maximum Gasteiger partial charge on any atom is 0.261 e. The Morgan fingerprint density at radius 2 is 1.83 bits per heavy atom. The Hall–Kier alpha value is -1.97. The molecule has 0 heterocycles. The van der Waals surface area contributed by atoms with Crippen LogP contribution in [0.25, 0.3) is 0 Å². The van der Waals surface area contributed by atoms with Gasteiger partial charge in [0.25, 0.3) is 10.0 Å². The van der Waals surface area contributed by atoms with Crippen molar-refractivity contribution < 1.29 is 8.42 Å². The fraction of sp³-hybridized carbons (Fsp3) is 0.278. The number of hydrogen-bond donors (Lipinski definition) is 1. The molecule has 0 atom stereocenters. The third kappa shape index (κ3) is 4.31. The van der Waals surface area contributed by atoms with Crippen LogP contribution in [0.5, 0.6) is 0 Å². The van der Waals surface area contributed by atoms with Gasteiger partial charge in [-0.3, -0.25) is 4.72 Å². The van der Waals surface area contributed by atoms with Crippen LogP contribution in [0.15, 0.2) is 52.3 Å². The largest absolute Gasteiger partial charge is 0.279 e. The number of thioether (sulfide) groups is 1. The van der Waals surface area contributed by atoms with E-state index in [1.165, 1.54) is 0 Å². The van der Waals surface area contributed by atoms with Crippen LogP contribution < -0.4 is 4.72 Å². The summed E-state index contributed by atoms with van der Waals surface area (Å²) in [4.78, 5) is 1.04. The number of nitrogens with zero attached hydrogens (tertiary/aromatic N) is 1. The molecule has 1 N–H and O–H groups in total. The Morgan fingerprint density at radius 3 is 2.38 bits per heavy atom. The third-order valence-corrected chi connectivity index (χ3v) is 5.68. The van der Waals surface area contributed by atoms with Crippen molar-refractivity contribution in [3.05, 3.63) is 53.6 Å². The van der Waals surface area contributed by atoms with E-state index in [0.29, 0.717) is 18.0 Å². The van der Waals surface area contributed by atoms with Crippen molar-refractivity contribution in [1.29, 1.82) is 5.26 Å². The number of nitrogens with one attached hydrogen (secondary N) is 1. The Kier molecular flexibility index (Phi) is 5.92. The molecule has 2 aromatic rings. The van der Waals surface area contributed by atoms with Gasteiger partial charge in [-0.15, -0.1) is 0 Å². The molecule has 0 radical (unpaired) electrons. The lowest BCUT2D eigenvalue weighted by Crippen LogP contribution is -2.14. The minimum absolute atomic E-state index is 0.240. The number of benzene rings is 2. The number of hydrogen-bond acceptors (Lipinski definition) is 4. The second-order valence-electron chi connectivity index (χ2n) is 5.70. The molecule has 0 bridgehead atoms. The highest BCUT2D eigenvalue weighted by Crippen LogP contribution is 2.27. The summed E-state index contributed by atoms with van der Waals surface area (Å²) in [6.07, 6.45) is 0.671. The summed E-state index contributed by atoms with van der Waals surface area (Å²) < 4.78 is 27.8. The first-order chi connectivity index (χ1) is 11.4. The van der Waals surface area contributed by atoms with Crippen LogP contribution >= 0.6 is 11.8 Å². The molecule has 2 rings (SSSR count). The first kappa shape index (κ1) is 18.4. The lowest BCUT2D eigenvalue weighted by molar-refractivity contribution is 0.601. The second-order valence-corrected chi connectivity index (χ2v) is 8.24. The molecule has 0 spiro atoms. The van der Waals surface area contributed by atoms with Gasteiger partial charge < -0.3 is 0 Å². The molecule has 0 aromatic heterocycles. The quantitative estimate of drug-likeness (QED) is 0.596. The van der Waals surface area contributed by atoms with E-state index in [9.17, 15) is 8.42 Å². The number of sulfonamides is 1. The molecular weight excluding hydrogens is 340 g/mol. The Balaban J connectivity index is 2.30. The standard InChI is InChI=1S/C18H20N2O2S2/c1-4-14-11-16(23-12-19)7-10-18(14)20-24(21,22)17-8-5-15(6-9-17)13(2)3/h5-11,13,20H,4H2,1-3H3. The molecular formula is C18H20N2O2S2. The average Bonchev–Trinajstić information content (AvgIpc) is 2.56. The van der Waals surface area contributed by atoms with Crippen LogP contribution in [0.4, 0.5) is 5.69 Å². The summed E-state index contributed by atoms with van der Waals surface area (Å²) in [6, 6.07) is 12.2. The van der Waals surface area contributed by atoms with Gasteiger partial charge in [-0.2, -0.15) is 5.26 Å². The van der Waals surface area contributed by atoms with Gasteiger partial charge in [0.2, 0.25) is 0 Å². The van der Waals surface area contributed by atoms with Gasteiger partial charge in [0.15, 0.2) is 0 Å². The first-order valence-electron chi connectivity index (χ1n) is 7.69. The van der Waals surface area contributed by atoms with Crippen molar-refractivity contribution in [2.75, 3.05) is 4.72 Å². The molecule has 0 saturated carbocycles. The third-order valence-electron chi connectivity index (χ3n) is 3.72. The number of rotatable bonds is 6. The number of nitriles is 1. The average molecular weight is 361 g/mol. The molecule has 0 aliphatic carbocycles. The zero-order chi connectivity index (χ0) is 17.7. The highest BCUT2D eigenvalue weighted by atomic mass is 32.2. The predicted molar refractivity (Wildman–Crippen MR) is 98.6 cm³/mol. The van der Waals surface area contributed by atoms with Gasteiger partial charge >= 0.3 is 0 Å². The van der Waals surface area contributed by atoms with E-state index in [-0.39, 0.29) is 4.90 Å². The summed E-state index contributed by atoms with van der Waals surface area (Å²) in [5.74, 6) is 0.353. The lowest BCUT2D eigenvalue weighted by atomic mass is 10.0. The van der Waals surface area contributed by atoms with E-state index in [1.807, 2.05) is 30.5 Å². The molecule has 0 saturated heterocycles. The van der Waals surface area contributed by atoms with Crippen molar-refractivity contribution in [1.82, 2.24) is 0 Å². The molecule has 126 valence electrons. The molecule has 0 aliphatic rings. The Labute approximate surface area is 148 Å². The van der Waals surface area contributed by atoms with Gasteiger partial charge in [-0.1, -0.05) is 32.9 Å². The van der Waals surface area contributed by atoms with Gasteiger partial charge in [0, 0.05) is 4.90 Å². The van der Waals surface area contributed by atoms with Crippen molar-refractivity contribution in [2.45, 2.75) is 42.9 Å². The summed E-state index contributed by atoms with van der Waals surface area (Å²) in [5.41, 5.74) is 2.51. The minimum atomic E-state index is -3.64. The van der Waals surface area contributed by atoms with Crippen LogP contribution in [0, 0.1) is 10.7 Å². The summed E-state index contributed by atoms with van der Waals surface area (Å²) in [6.45, 7) is 6.08. The van der Waals surface area contributed by atoms with E-state index in [0.717, 1.165) is 27.8 Å². The van der Waals surface area contributed by atoms with E-state index < -0.39 is 10.0 Å². The highest BCUT2D eigenvalue weighted by Gasteiger charge is 2.16. The Bertz CT molecular complexity index is 852. The predicted octanol–water partition coefficient (Wildman–Crippen LogP) is 4.75. The summed E-state index contributed by atoms with van der Waals surface area (Å²) in [5, 5.41) is 10.8. The van der Waals surface area contributed by atoms with E-state index in [4.69, 9.17) is 5.26 Å². The number of thiocyanates is 1. The Morgan fingerprint density at radius 1 is 1.17 bits per heavy atom. The van der Waals surface area contributed by atoms with Crippen molar-refractivity contribution in [2.24, 2.45) is 0 Å². The van der Waals surface area contributed by atoms with Crippen molar-refractivity contribution in [3.63, 3.8) is 0 Å². The van der Waals surface area contributed by atoms with E-state index >= 15 is 0 Å². The summed E-state index contributed by atoms with van der Waals surface area (Å²) >= 11 is 1.06. The van der Waals surface area contributed by atoms with Crippen LogP contribution in [0.2, 0.25) is 0 Å². The van der Waals surface area contributed by atoms with E-state index in [1.54, 1.807) is 24.3 Å². The molecule has 2 aromatic carbocycles. The van der Waals surface area contributed by atoms with Crippen molar-refractivity contribution >= 4 is 27.5 Å². The molecule has 0 fully saturated rings. The van der Waals surface area contributed by atoms with E-state index in [2.05, 4.69) is 18.6 Å². The maximum atomic E-state index is 12.6. The highest BCUT2D eigenvalue weighted by molar-refractivity contribution is 8.03. The van der Waals surface area contributed by atoms with Gasteiger partial charge in [0.05, 0.1) is 10.6 Å². The van der Waals surface area contributed by atoms with Crippen LogP contribution in [0.3, 0.4) is 0 Å². The second kappa shape index (κ2) is 7.73. The summed E-state index contributed by atoms with van der Waals surface area (Å²) in [7, 11) is -3.64. The van der Waals surface area contributed by atoms with Crippen LogP contribution in [-0.4, -0.2) is 8.42 Å². The number of aryl methyl sites for hydroxylation is 1. The topological polar surface area (TPSA) is 70.0 Å². The van der Waals surface area contributed by atoms with Crippen LogP contribution in [-0.2, 0) is 16.4 Å².